The Bertz CT molecular complexity index is 1220. The molecule has 0 amide bonds. The Kier molecular flexibility index (Phi) is 5.39. The number of aromatic hydroxyl groups is 1. The molecule has 0 unspecified atom stereocenters. The summed E-state index contributed by atoms with van der Waals surface area (Å²) in [6.45, 7) is 3.53. The molecule has 0 aromatic heterocycles. The molecule has 1 aliphatic rings. The minimum Gasteiger partial charge on any atom is -0.507 e. The number of nitrogens with two attached hydrogens (primary N) is 1. The van der Waals surface area contributed by atoms with Crippen LogP contribution in [-0.4, -0.2) is 44.2 Å². The molecule has 1 aliphatic carbocycles. The van der Waals surface area contributed by atoms with E-state index < -0.39 is 30.0 Å². The van der Waals surface area contributed by atoms with Crippen LogP contribution >= 0.6 is 0 Å². The zero-order valence-corrected chi connectivity index (χ0v) is 17.4. The van der Waals surface area contributed by atoms with Crippen molar-refractivity contribution < 1.29 is 35.8 Å². The normalized spacial score (nSPS) is 13.3. The van der Waals surface area contributed by atoms with Crippen molar-refractivity contribution >= 4 is 20.2 Å². The molecule has 158 valence electrons. The first-order valence-corrected chi connectivity index (χ1v) is 11.6. The zero-order valence-electron chi connectivity index (χ0n) is 15.8. The molecule has 3 rings (SSSR count). The molecule has 0 atom stereocenters. The highest BCUT2D eigenvalue weighted by molar-refractivity contribution is 7.86. The van der Waals surface area contributed by atoms with E-state index in [1.807, 2.05) is 0 Å². The highest BCUT2D eigenvalue weighted by atomic mass is 32.2. The van der Waals surface area contributed by atoms with Gasteiger partial charge in [-0.1, -0.05) is 6.92 Å². The van der Waals surface area contributed by atoms with Crippen LogP contribution in [0.25, 0.3) is 11.1 Å². The molecule has 9 nitrogen and oxygen atoms in total. The van der Waals surface area contributed by atoms with Gasteiger partial charge in [-0.2, -0.15) is 16.8 Å². The third-order valence-corrected chi connectivity index (χ3v) is 6.63. The molecule has 0 fully saturated rings. The van der Waals surface area contributed by atoms with Crippen LogP contribution in [0.3, 0.4) is 0 Å². The van der Waals surface area contributed by atoms with Gasteiger partial charge in [-0.05, 0) is 36.6 Å². The topological polar surface area (TPSA) is 164 Å². The molecule has 0 radical (unpaired) electrons. The van der Waals surface area contributed by atoms with Crippen LogP contribution in [0.2, 0.25) is 0 Å². The minimum absolute atomic E-state index is 0.0447. The Morgan fingerprint density at radius 3 is 2.10 bits per heavy atom. The molecule has 0 saturated heterocycles. The Balaban J connectivity index is 2.53. The van der Waals surface area contributed by atoms with Crippen LogP contribution in [0.1, 0.15) is 29.2 Å². The fourth-order valence-corrected chi connectivity index (χ4v) is 5.25. The van der Waals surface area contributed by atoms with Crippen molar-refractivity contribution in [3.8, 4) is 22.6 Å². The smallest absolute Gasteiger partial charge is 0.295 e. The van der Waals surface area contributed by atoms with Crippen molar-refractivity contribution in [1.82, 2.24) is 0 Å². The lowest BCUT2D eigenvalue weighted by molar-refractivity contribution is 0.322. The quantitative estimate of drug-likeness (QED) is 0.415. The van der Waals surface area contributed by atoms with Gasteiger partial charge in [0, 0.05) is 35.2 Å². The maximum Gasteiger partial charge on any atom is 0.295 e. The summed E-state index contributed by atoms with van der Waals surface area (Å²) in [6, 6.07) is 2.26. The second-order valence-electron chi connectivity index (χ2n) is 6.73. The summed E-state index contributed by atoms with van der Waals surface area (Å²) in [5.41, 5.74) is 6.32. The fraction of sp³-hybridized carbons (Fsp3) is 0.333. The van der Waals surface area contributed by atoms with E-state index in [-0.39, 0.29) is 47.6 Å². The molecule has 2 aromatic carbocycles. The van der Waals surface area contributed by atoms with Crippen LogP contribution in [0, 0.1) is 6.92 Å². The molecule has 11 heteroatoms. The molecule has 0 heterocycles. The van der Waals surface area contributed by atoms with Crippen LogP contribution in [0.15, 0.2) is 21.9 Å². The van der Waals surface area contributed by atoms with Crippen molar-refractivity contribution in [3.05, 3.63) is 34.4 Å². The maximum absolute atomic E-state index is 12.1. The van der Waals surface area contributed by atoms with Crippen LogP contribution in [-0.2, 0) is 33.1 Å². The molecule has 29 heavy (non-hydrogen) atoms. The SMILES string of the molecule is CCc1cc(S(=O)(=O)O)c2c(c1OCCN)Cc1c(O)c(C)cc(S(=O)(=O)O)c1-2. The van der Waals surface area contributed by atoms with E-state index in [1.54, 1.807) is 6.92 Å². The number of benzene rings is 2. The summed E-state index contributed by atoms with van der Waals surface area (Å²) >= 11 is 0. The average Bonchev–Trinajstić information content (AvgIpc) is 3.00. The maximum atomic E-state index is 12.1. The largest absolute Gasteiger partial charge is 0.507 e. The average molecular weight is 443 g/mol. The standard InChI is InChI=1S/C18H21NO8S2/c1-3-10-7-14(29(24,25)26)16-12(18(10)27-5-4-19)8-11-15(16)13(28(21,22)23)6-9(2)17(11)20/h6-7,20H,3-5,8,19H2,1-2H3,(H,21,22,23)(H,24,25,26). The molecule has 2 aromatic rings. The molecular weight excluding hydrogens is 422 g/mol. The molecule has 0 saturated carbocycles. The minimum atomic E-state index is -4.77. The number of aryl methyl sites for hydroxylation is 2. The summed E-state index contributed by atoms with van der Waals surface area (Å²) in [6.07, 6.45) is 0.319. The van der Waals surface area contributed by atoms with Crippen LogP contribution in [0.4, 0.5) is 0 Å². The summed E-state index contributed by atoms with van der Waals surface area (Å²) in [7, 11) is -9.53. The third-order valence-electron chi connectivity index (χ3n) is 4.88. The Morgan fingerprint density at radius 1 is 1.03 bits per heavy atom. The van der Waals surface area contributed by atoms with Crippen molar-refractivity contribution in [2.75, 3.05) is 13.2 Å². The predicted molar refractivity (Wildman–Crippen MR) is 105 cm³/mol. The summed E-state index contributed by atoms with van der Waals surface area (Å²) in [5, 5.41) is 10.5. The van der Waals surface area contributed by atoms with Gasteiger partial charge in [-0.15, -0.1) is 0 Å². The number of phenolic OH excluding ortho intramolecular Hbond substituents is 1. The van der Waals surface area contributed by atoms with E-state index in [0.717, 1.165) is 6.07 Å². The Morgan fingerprint density at radius 2 is 1.59 bits per heavy atom. The van der Waals surface area contributed by atoms with Gasteiger partial charge in [0.25, 0.3) is 20.2 Å². The second-order valence-corrected chi connectivity index (χ2v) is 9.51. The lowest BCUT2D eigenvalue weighted by Crippen LogP contribution is -2.13. The summed E-state index contributed by atoms with van der Waals surface area (Å²) < 4.78 is 73.6. The van der Waals surface area contributed by atoms with E-state index >= 15 is 0 Å². The van der Waals surface area contributed by atoms with E-state index in [9.17, 15) is 31.0 Å². The third kappa shape index (κ3) is 3.60. The van der Waals surface area contributed by atoms with Crippen molar-refractivity contribution in [1.29, 1.82) is 0 Å². The van der Waals surface area contributed by atoms with Gasteiger partial charge < -0.3 is 15.6 Å². The first kappa shape index (κ1) is 21.5. The molecule has 0 spiro atoms. The van der Waals surface area contributed by atoms with E-state index in [4.69, 9.17) is 10.5 Å². The van der Waals surface area contributed by atoms with Crippen molar-refractivity contribution in [2.24, 2.45) is 5.73 Å². The Hall–Kier alpha value is -2.18. The number of phenols is 1. The number of ether oxygens (including phenoxy) is 1. The van der Waals surface area contributed by atoms with E-state index in [0.29, 0.717) is 23.3 Å². The van der Waals surface area contributed by atoms with Crippen LogP contribution in [0.5, 0.6) is 11.5 Å². The zero-order chi connectivity index (χ0) is 21.7. The lowest BCUT2D eigenvalue weighted by atomic mass is 10.00. The first-order valence-electron chi connectivity index (χ1n) is 8.74. The number of rotatable bonds is 6. The number of hydrogen-bond donors (Lipinski definition) is 4. The van der Waals surface area contributed by atoms with Crippen molar-refractivity contribution in [2.45, 2.75) is 36.5 Å². The van der Waals surface area contributed by atoms with Gasteiger partial charge in [0.2, 0.25) is 0 Å². The predicted octanol–water partition coefficient (Wildman–Crippen LogP) is 1.67. The highest BCUT2D eigenvalue weighted by Gasteiger charge is 2.37. The molecular formula is C18H21NO8S2. The highest BCUT2D eigenvalue weighted by Crippen LogP contribution is 2.52. The van der Waals surface area contributed by atoms with Gasteiger partial charge in [-0.25, -0.2) is 0 Å². The van der Waals surface area contributed by atoms with Crippen LogP contribution < -0.4 is 10.5 Å². The number of fused-ring (bicyclic) bond motifs is 3. The monoisotopic (exact) mass is 443 g/mol. The van der Waals surface area contributed by atoms with Gasteiger partial charge in [0.05, 0.1) is 0 Å². The fourth-order valence-electron chi connectivity index (χ4n) is 3.67. The molecule has 0 aliphatic heterocycles. The summed E-state index contributed by atoms with van der Waals surface area (Å²) in [5.74, 6) is 0.0857. The summed E-state index contributed by atoms with van der Waals surface area (Å²) in [4.78, 5) is -1.07. The second kappa shape index (κ2) is 7.26. The molecule has 5 N–H and O–H groups in total. The van der Waals surface area contributed by atoms with Gasteiger partial charge >= 0.3 is 0 Å². The molecule has 0 bridgehead atoms. The van der Waals surface area contributed by atoms with Gasteiger partial charge in [-0.3, -0.25) is 9.11 Å². The van der Waals surface area contributed by atoms with Crippen molar-refractivity contribution in [3.63, 3.8) is 0 Å². The lowest BCUT2D eigenvalue weighted by Gasteiger charge is -2.18. The van der Waals surface area contributed by atoms with Gasteiger partial charge in [0.15, 0.2) is 0 Å². The van der Waals surface area contributed by atoms with E-state index in [1.165, 1.54) is 13.0 Å². The number of hydrogen-bond acceptors (Lipinski definition) is 7. The van der Waals surface area contributed by atoms with Gasteiger partial charge in [0.1, 0.15) is 27.9 Å². The first-order chi connectivity index (χ1) is 13.4. The van der Waals surface area contributed by atoms with E-state index in [2.05, 4.69) is 0 Å². The Labute approximate surface area is 168 Å².